The fraction of sp³-hybridized carbons (Fsp3) is 0.435. The zero-order valence-corrected chi connectivity index (χ0v) is 15.4. The number of nitrogens with zero attached hydrogens (tertiary/aromatic N) is 1. The van der Waals surface area contributed by atoms with Gasteiger partial charge in [-0.05, 0) is 61.0 Å². The molecule has 0 unspecified atom stereocenters. The zero-order chi connectivity index (χ0) is 17.8. The van der Waals surface area contributed by atoms with E-state index in [0.717, 1.165) is 19.4 Å². The van der Waals surface area contributed by atoms with Crippen LogP contribution in [0.3, 0.4) is 0 Å². The van der Waals surface area contributed by atoms with Gasteiger partial charge < -0.3 is 5.32 Å². The Morgan fingerprint density at radius 2 is 1.69 bits per heavy atom. The molecule has 2 fully saturated rings. The Morgan fingerprint density at radius 3 is 2.38 bits per heavy atom. The van der Waals surface area contributed by atoms with E-state index in [4.69, 9.17) is 0 Å². The van der Waals surface area contributed by atoms with Gasteiger partial charge in [0.25, 0.3) is 0 Å². The van der Waals surface area contributed by atoms with Crippen molar-refractivity contribution in [1.29, 1.82) is 0 Å². The van der Waals surface area contributed by atoms with E-state index in [0.29, 0.717) is 6.54 Å². The molecular formula is C23H28N2O. The summed E-state index contributed by atoms with van der Waals surface area (Å²) in [5.41, 5.74) is 5.01. The molecule has 2 aromatic rings. The van der Waals surface area contributed by atoms with Crippen LogP contribution in [0.5, 0.6) is 0 Å². The van der Waals surface area contributed by atoms with Gasteiger partial charge in [0.05, 0.1) is 0 Å². The van der Waals surface area contributed by atoms with Crippen LogP contribution in [0.15, 0.2) is 48.5 Å². The summed E-state index contributed by atoms with van der Waals surface area (Å²) in [5.74, 6) is 0.457. The lowest BCUT2D eigenvalue weighted by molar-refractivity contribution is -0.127. The van der Waals surface area contributed by atoms with Crippen molar-refractivity contribution in [3.63, 3.8) is 0 Å². The van der Waals surface area contributed by atoms with Crippen LogP contribution in [0.25, 0.3) is 11.1 Å². The Hall–Kier alpha value is -2.13. The molecule has 1 amide bonds. The monoisotopic (exact) mass is 348 g/mol. The van der Waals surface area contributed by atoms with Crippen molar-refractivity contribution < 1.29 is 4.79 Å². The van der Waals surface area contributed by atoms with Crippen molar-refractivity contribution in [2.45, 2.75) is 45.2 Å². The third-order valence-electron chi connectivity index (χ3n) is 5.82. The lowest BCUT2D eigenvalue weighted by Crippen LogP contribution is -2.34. The summed E-state index contributed by atoms with van der Waals surface area (Å²) in [6.07, 6.45) is 5.95. The second kappa shape index (κ2) is 8.05. The highest BCUT2D eigenvalue weighted by Crippen LogP contribution is 2.27. The fourth-order valence-corrected chi connectivity index (χ4v) is 3.94. The largest absolute Gasteiger partial charge is 0.352 e. The minimum atomic E-state index is 0.215. The molecule has 1 aliphatic carbocycles. The van der Waals surface area contributed by atoms with Gasteiger partial charge in [0.1, 0.15) is 0 Å². The molecule has 136 valence electrons. The molecule has 2 aromatic carbocycles. The van der Waals surface area contributed by atoms with Crippen LogP contribution in [0.1, 0.15) is 43.2 Å². The van der Waals surface area contributed by atoms with Crippen LogP contribution >= 0.6 is 0 Å². The Balaban J connectivity index is 1.43. The number of amides is 1. The molecule has 2 aliphatic rings. The van der Waals surface area contributed by atoms with Gasteiger partial charge in [0, 0.05) is 19.0 Å². The number of carbonyl (C=O) groups is 1. The maximum Gasteiger partial charge on any atom is 0.223 e. The van der Waals surface area contributed by atoms with Crippen molar-refractivity contribution in [3.05, 3.63) is 59.7 Å². The summed E-state index contributed by atoms with van der Waals surface area (Å²) < 4.78 is 0. The van der Waals surface area contributed by atoms with E-state index >= 15 is 0 Å². The van der Waals surface area contributed by atoms with Gasteiger partial charge in [0.2, 0.25) is 5.91 Å². The van der Waals surface area contributed by atoms with Crippen molar-refractivity contribution in [2.24, 2.45) is 5.92 Å². The van der Waals surface area contributed by atoms with Crippen molar-refractivity contribution in [3.8, 4) is 11.1 Å². The number of benzene rings is 2. The van der Waals surface area contributed by atoms with Gasteiger partial charge in [-0.15, -0.1) is 0 Å². The Kier molecular flexibility index (Phi) is 5.35. The summed E-state index contributed by atoms with van der Waals surface area (Å²) >= 11 is 0. The highest BCUT2D eigenvalue weighted by molar-refractivity contribution is 5.79. The standard InChI is InChI=1S/C23H28N2O/c26-23(20-7-5-8-20)24-16-21-6-1-2-9-22(21)19-12-10-18(11-13-19)17-25-14-3-4-15-25/h1-2,6,9-13,20H,3-5,7-8,14-17H2,(H,24,26). The van der Waals surface area contributed by atoms with Crippen molar-refractivity contribution >= 4 is 5.91 Å². The van der Waals surface area contributed by atoms with Gasteiger partial charge >= 0.3 is 0 Å². The zero-order valence-electron chi connectivity index (χ0n) is 15.4. The second-order valence-electron chi connectivity index (χ2n) is 7.68. The van der Waals surface area contributed by atoms with Crippen LogP contribution in [0, 0.1) is 5.92 Å². The molecule has 1 heterocycles. The summed E-state index contributed by atoms with van der Waals surface area (Å²) in [6.45, 7) is 4.12. The molecule has 1 saturated heterocycles. The predicted molar refractivity (Wildman–Crippen MR) is 106 cm³/mol. The van der Waals surface area contributed by atoms with Gasteiger partial charge in [-0.1, -0.05) is 55.0 Å². The summed E-state index contributed by atoms with van der Waals surface area (Å²) in [7, 11) is 0. The first kappa shape index (κ1) is 17.3. The van der Waals surface area contributed by atoms with Crippen molar-refractivity contribution in [1.82, 2.24) is 10.2 Å². The first-order valence-electron chi connectivity index (χ1n) is 9.97. The number of nitrogens with one attached hydrogen (secondary N) is 1. The maximum absolute atomic E-state index is 12.1. The van der Waals surface area contributed by atoms with Gasteiger partial charge in [-0.3, -0.25) is 9.69 Å². The topological polar surface area (TPSA) is 32.3 Å². The summed E-state index contributed by atoms with van der Waals surface area (Å²) in [6, 6.07) is 17.3. The highest BCUT2D eigenvalue weighted by atomic mass is 16.1. The number of hydrogen-bond acceptors (Lipinski definition) is 2. The molecule has 0 radical (unpaired) electrons. The third-order valence-corrected chi connectivity index (χ3v) is 5.82. The lowest BCUT2D eigenvalue weighted by Gasteiger charge is -2.24. The lowest BCUT2D eigenvalue weighted by atomic mass is 9.85. The highest BCUT2D eigenvalue weighted by Gasteiger charge is 2.24. The molecule has 1 aliphatic heterocycles. The van der Waals surface area contributed by atoms with Crippen LogP contribution in [-0.4, -0.2) is 23.9 Å². The fourth-order valence-electron chi connectivity index (χ4n) is 3.94. The van der Waals surface area contributed by atoms with Crippen LogP contribution in [0.4, 0.5) is 0 Å². The first-order valence-corrected chi connectivity index (χ1v) is 9.97. The number of hydrogen-bond donors (Lipinski definition) is 1. The molecule has 0 bridgehead atoms. The average molecular weight is 348 g/mol. The minimum absolute atomic E-state index is 0.215. The SMILES string of the molecule is O=C(NCc1ccccc1-c1ccc(CN2CCCC2)cc1)C1CCC1. The second-order valence-corrected chi connectivity index (χ2v) is 7.68. The normalized spacial score (nSPS) is 17.8. The first-order chi connectivity index (χ1) is 12.8. The molecule has 0 spiro atoms. The van der Waals surface area contributed by atoms with Crippen LogP contribution in [0.2, 0.25) is 0 Å². The van der Waals surface area contributed by atoms with E-state index in [-0.39, 0.29) is 11.8 Å². The van der Waals surface area contributed by atoms with Gasteiger partial charge in [0.15, 0.2) is 0 Å². The minimum Gasteiger partial charge on any atom is -0.352 e. The van der Waals surface area contributed by atoms with E-state index in [2.05, 4.69) is 58.7 Å². The molecule has 1 N–H and O–H groups in total. The quantitative estimate of drug-likeness (QED) is 0.841. The Morgan fingerprint density at radius 1 is 0.962 bits per heavy atom. The molecule has 26 heavy (non-hydrogen) atoms. The van der Waals surface area contributed by atoms with E-state index in [1.165, 1.54) is 54.6 Å². The van der Waals surface area contributed by atoms with Crippen LogP contribution in [-0.2, 0) is 17.9 Å². The smallest absolute Gasteiger partial charge is 0.223 e. The maximum atomic E-state index is 12.1. The molecule has 3 nitrogen and oxygen atoms in total. The van der Waals surface area contributed by atoms with E-state index in [1.807, 2.05) is 0 Å². The number of rotatable bonds is 6. The average Bonchev–Trinajstić information content (AvgIpc) is 3.12. The van der Waals surface area contributed by atoms with E-state index in [1.54, 1.807) is 0 Å². The molecule has 4 rings (SSSR count). The molecule has 3 heteroatoms. The summed E-state index contributed by atoms with van der Waals surface area (Å²) in [5, 5.41) is 3.13. The van der Waals surface area contributed by atoms with E-state index < -0.39 is 0 Å². The Labute approximate surface area is 156 Å². The molecular weight excluding hydrogens is 320 g/mol. The molecule has 0 aromatic heterocycles. The van der Waals surface area contributed by atoms with Gasteiger partial charge in [-0.2, -0.15) is 0 Å². The summed E-state index contributed by atoms with van der Waals surface area (Å²) in [4.78, 5) is 14.7. The predicted octanol–water partition coefficient (Wildman–Crippen LogP) is 4.37. The number of carbonyl (C=O) groups excluding carboxylic acids is 1. The molecule has 0 atom stereocenters. The third kappa shape index (κ3) is 3.99. The van der Waals surface area contributed by atoms with Crippen molar-refractivity contribution in [2.75, 3.05) is 13.1 Å². The number of likely N-dealkylation sites (tertiary alicyclic amines) is 1. The van der Waals surface area contributed by atoms with Gasteiger partial charge in [-0.25, -0.2) is 0 Å². The molecule has 1 saturated carbocycles. The van der Waals surface area contributed by atoms with E-state index in [9.17, 15) is 4.79 Å². The Bertz CT molecular complexity index is 743. The van der Waals surface area contributed by atoms with Crippen LogP contribution < -0.4 is 5.32 Å².